The van der Waals surface area contributed by atoms with Crippen molar-refractivity contribution >= 4 is 32.3 Å². The Morgan fingerprint density at radius 1 is 0.560 bits per heavy atom. The largest absolute Gasteiger partial charge is 0.508 e. The van der Waals surface area contributed by atoms with E-state index in [0.717, 1.165) is 0 Å². The molecule has 0 amide bonds. The van der Waals surface area contributed by atoms with Crippen molar-refractivity contribution in [3.05, 3.63) is 36.4 Å². The van der Waals surface area contributed by atoms with Crippen LogP contribution in [0, 0.1) is 0 Å². The highest BCUT2D eigenvalue weighted by Crippen LogP contribution is 2.46. The van der Waals surface area contributed by atoms with Crippen LogP contribution in [0.5, 0.6) is 34.5 Å². The summed E-state index contributed by atoms with van der Waals surface area (Å²) in [5.74, 6) is -0.879. The maximum Gasteiger partial charge on any atom is 0.158 e. The first-order chi connectivity index (χ1) is 11.9. The number of ether oxygens (including phenoxy) is 1. The van der Waals surface area contributed by atoms with Gasteiger partial charge >= 0.3 is 0 Å². The Morgan fingerprint density at radius 3 is 1.44 bits per heavy atom. The van der Waals surface area contributed by atoms with Gasteiger partial charge in [-0.2, -0.15) is 0 Å². The lowest BCUT2D eigenvalue weighted by Gasteiger charge is -2.15. The molecule has 6 heteroatoms. The predicted molar refractivity (Wildman–Crippen MR) is 93.8 cm³/mol. The number of fused-ring (bicyclic) bond motifs is 6. The Labute approximate surface area is 141 Å². The molecule has 6 nitrogen and oxygen atoms in total. The van der Waals surface area contributed by atoms with Gasteiger partial charge in [0.25, 0.3) is 0 Å². The molecule has 0 saturated carbocycles. The van der Waals surface area contributed by atoms with Crippen molar-refractivity contribution in [1.82, 2.24) is 0 Å². The fraction of sp³-hybridized carbons (Fsp3) is 0.0526. The summed E-state index contributed by atoms with van der Waals surface area (Å²) in [4.78, 5) is 0. The van der Waals surface area contributed by atoms with E-state index < -0.39 is 0 Å². The standard InChI is InChI=1S/C19H14O6/c1-25-18-3-8(20)2-12-10-5-15(22)14(21)4-9(10)11-6-16(23)17(24)7-13(11)19(12)18/h2-7,20-24H,1H3. The summed E-state index contributed by atoms with van der Waals surface area (Å²) in [6, 6.07) is 8.50. The molecule has 0 atom stereocenters. The van der Waals surface area contributed by atoms with Gasteiger partial charge in [-0.25, -0.2) is 0 Å². The maximum atomic E-state index is 10.0. The molecule has 0 spiro atoms. The van der Waals surface area contributed by atoms with E-state index in [4.69, 9.17) is 4.74 Å². The van der Waals surface area contributed by atoms with E-state index in [1.54, 1.807) is 0 Å². The number of phenolic OH excluding ortho intramolecular Hbond substituents is 5. The molecule has 0 aliphatic heterocycles. The molecule has 0 aliphatic rings. The fourth-order valence-electron chi connectivity index (χ4n) is 3.28. The number of rotatable bonds is 1. The number of hydrogen-bond acceptors (Lipinski definition) is 6. The first-order valence-electron chi connectivity index (χ1n) is 7.44. The highest BCUT2D eigenvalue weighted by molar-refractivity contribution is 6.28. The number of hydrogen-bond donors (Lipinski definition) is 5. The summed E-state index contributed by atoms with van der Waals surface area (Å²) in [6.45, 7) is 0. The van der Waals surface area contributed by atoms with E-state index in [2.05, 4.69) is 0 Å². The van der Waals surface area contributed by atoms with Gasteiger partial charge in [0.2, 0.25) is 0 Å². The first kappa shape index (κ1) is 15.0. The molecule has 0 unspecified atom stereocenters. The van der Waals surface area contributed by atoms with E-state index in [0.29, 0.717) is 38.1 Å². The van der Waals surface area contributed by atoms with E-state index in [1.807, 2.05) is 0 Å². The van der Waals surface area contributed by atoms with Crippen molar-refractivity contribution in [3.8, 4) is 34.5 Å². The van der Waals surface area contributed by atoms with Gasteiger partial charge in [0.15, 0.2) is 23.0 Å². The molecule has 0 heterocycles. The zero-order chi connectivity index (χ0) is 17.9. The Kier molecular flexibility index (Phi) is 2.99. The minimum Gasteiger partial charge on any atom is -0.508 e. The van der Waals surface area contributed by atoms with Gasteiger partial charge in [-0.1, -0.05) is 0 Å². The van der Waals surface area contributed by atoms with Crippen molar-refractivity contribution in [3.63, 3.8) is 0 Å². The average Bonchev–Trinajstić information content (AvgIpc) is 2.57. The third-order valence-electron chi connectivity index (χ3n) is 4.39. The van der Waals surface area contributed by atoms with Crippen LogP contribution in [0.3, 0.4) is 0 Å². The van der Waals surface area contributed by atoms with Crippen LogP contribution in [-0.2, 0) is 0 Å². The van der Waals surface area contributed by atoms with E-state index in [-0.39, 0.29) is 28.7 Å². The van der Waals surface area contributed by atoms with Gasteiger partial charge in [0, 0.05) is 11.5 Å². The molecule has 126 valence electrons. The van der Waals surface area contributed by atoms with Gasteiger partial charge in [0.05, 0.1) is 7.11 Å². The number of aromatic hydroxyl groups is 5. The molecule has 0 bridgehead atoms. The molecule has 4 aromatic carbocycles. The van der Waals surface area contributed by atoms with Crippen molar-refractivity contribution in [1.29, 1.82) is 0 Å². The lowest BCUT2D eigenvalue weighted by molar-refractivity contribution is 0.404. The third-order valence-corrected chi connectivity index (χ3v) is 4.39. The molecule has 0 radical (unpaired) electrons. The average molecular weight is 338 g/mol. The Hall–Kier alpha value is -3.54. The van der Waals surface area contributed by atoms with Crippen LogP contribution in [0.25, 0.3) is 32.3 Å². The molecular formula is C19H14O6. The van der Waals surface area contributed by atoms with Crippen LogP contribution in [-0.4, -0.2) is 32.6 Å². The molecule has 4 rings (SSSR count). The second-order valence-electron chi connectivity index (χ2n) is 5.84. The van der Waals surface area contributed by atoms with Gasteiger partial charge in [-0.05, 0) is 57.3 Å². The van der Waals surface area contributed by atoms with Gasteiger partial charge < -0.3 is 30.3 Å². The number of methoxy groups -OCH3 is 1. The minimum absolute atomic E-state index is 0.0273. The summed E-state index contributed by atoms with van der Waals surface area (Å²) in [6.07, 6.45) is 0. The van der Waals surface area contributed by atoms with E-state index in [9.17, 15) is 25.5 Å². The Bertz CT molecular complexity index is 1140. The zero-order valence-corrected chi connectivity index (χ0v) is 13.1. The highest BCUT2D eigenvalue weighted by atomic mass is 16.5. The molecule has 5 N–H and O–H groups in total. The number of benzene rings is 4. The lowest BCUT2D eigenvalue weighted by Crippen LogP contribution is -1.89. The number of phenols is 5. The Balaban J connectivity index is 2.42. The minimum atomic E-state index is -0.312. The summed E-state index contributed by atoms with van der Waals surface area (Å²) in [5, 5.41) is 53.1. The molecule has 0 aliphatic carbocycles. The molecular weight excluding hydrogens is 324 g/mol. The molecule has 25 heavy (non-hydrogen) atoms. The van der Waals surface area contributed by atoms with E-state index in [1.165, 1.54) is 43.5 Å². The highest BCUT2D eigenvalue weighted by Gasteiger charge is 2.17. The maximum absolute atomic E-state index is 10.0. The predicted octanol–water partition coefficient (Wildman–Crippen LogP) is 3.68. The van der Waals surface area contributed by atoms with Crippen LogP contribution < -0.4 is 4.74 Å². The third kappa shape index (κ3) is 2.04. The van der Waals surface area contributed by atoms with Crippen molar-refractivity contribution in [2.24, 2.45) is 0 Å². The van der Waals surface area contributed by atoms with Crippen LogP contribution in [0.4, 0.5) is 0 Å². The van der Waals surface area contributed by atoms with Gasteiger partial charge in [0.1, 0.15) is 11.5 Å². The van der Waals surface area contributed by atoms with Gasteiger partial charge in [-0.15, -0.1) is 0 Å². The summed E-state index contributed by atoms with van der Waals surface area (Å²) >= 11 is 0. The quantitative estimate of drug-likeness (QED) is 0.267. The Morgan fingerprint density at radius 2 is 0.960 bits per heavy atom. The smallest absolute Gasteiger partial charge is 0.158 e. The molecule has 4 aromatic rings. The van der Waals surface area contributed by atoms with Crippen molar-refractivity contribution < 1.29 is 30.3 Å². The monoisotopic (exact) mass is 338 g/mol. The van der Waals surface area contributed by atoms with Crippen molar-refractivity contribution in [2.75, 3.05) is 7.11 Å². The van der Waals surface area contributed by atoms with Crippen LogP contribution >= 0.6 is 0 Å². The van der Waals surface area contributed by atoms with Crippen LogP contribution in [0.2, 0.25) is 0 Å². The van der Waals surface area contributed by atoms with Crippen molar-refractivity contribution in [2.45, 2.75) is 0 Å². The zero-order valence-electron chi connectivity index (χ0n) is 13.1. The second kappa shape index (κ2) is 4.98. The summed E-state index contributed by atoms with van der Waals surface area (Å²) in [5.41, 5.74) is 0. The molecule has 0 aromatic heterocycles. The second-order valence-corrected chi connectivity index (χ2v) is 5.84. The summed E-state index contributed by atoms with van der Waals surface area (Å²) in [7, 11) is 1.46. The summed E-state index contributed by atoms with van der Waals surface area (Å²) < 4.78 is 5.37. The SMILES string of the molecule is COc1cc(O)cc2c3cc(O)c(O)cc3c3cc(O)c(O)cc3c12. The fourth-order valence-corrected chi connectivity index (χ4v) is 3.28. The van der Waals surface area contributed by atoms with E-state index >= 15 is 0 Å². The van der Waals surface area contributed by atoms with Gasteiger partial charge in [-0.3, -0.25) is 0 Å². The van der Waals surface area contributed by atoms with Crippen LogP contribution in [0.15, 0.2) is 36.4 Å². The normalized spacial score (nSPS) is 11.4. The molecule has 0 fully saturated rings. The topological polar surface area (TPSA) is 110 Å². The lowest BCUT2D eigenvalue weighted by atomic mass is 9.93. The first-order valence-corrected chi connectivity index (χ1v) is 7.44. The van der Waals surface area contributed by atoms with Crippen LogP contribution in [0.1, 0.15) is 0 Å². The molecule has 0 saturated heterocycles.